The summed E-state index contributed by atoms with van der Waals surface area (Å²) in [4.78, 5) is 2.36. The minimum atomic E-state index is 0.0248. The molecule has 2 atom stereocenters. The second kappa shape index (κ2) is 28.3. The molecule has 0 saturated heterocycles. The lowest BCUT2D eigenvalue weighted by Gasteiger charge is -2.26. The van der Waals surface area contributed by atoms with Crippen molar-refractivity contribution in [1.82, 2.24) is 4.57 Å². The summed E-state index contributed by atoms with van der Waals surface area (Å²) in [5, 5.41) is 3.36. The van der Waals surface area contributed by atoms with E-state index in [1.807, 2.05) is 19.9 Å². The summed E-state index contributed by atoms with van der Waals surface area (Å²) >= 11 is 0. The first-order chi connectivity index (χ1) is 43.8. The second-order valence-electron chi connectivity index (χ2n) is 22.4. The lowest BCUT2D eigenvalue weighted by Crippen LogP contribution is -2.26. The molecular weight excluding hydrogens is 1070 g/mol. The van der Waals surface area contributed by atoms with Crippen LogP contribution in [-0.2, 0) is 6.42 Å². The molecule has 0 spiro atoms. The predicted molar refractivity (Wildman–Crippen MR) is 384 cm³/mol. The molecule has 89 heavy (non-hydrogen) atoms. The molecule has 1 aliphatic carbocycles. The highest BCUT2D eigenvalue weighted by Crippen LogP contribution is 2.42. The van der Waals surface area contributed by atoms with E-state index in [9.17, 15) is 0 Å². The summed E-state index contributed by atoms with van der Waals surface area (Å²) < 4.78 is 2.46. The number of allylic oxidation sites excluding steroid dienone is 12. The number of para-hydroxylation sites is 1. The van der Waals surface area contributed by atoms with E-state index in [-0.39, 0.29) is 11.8 Å². The Kier molecular flexibility index (Phi) is 19.1. The van der Waals surface area contributed by atoms with Gasteiger partial charge >= 0.3 is 0 Å². The molecule has 2 unspecified atom stereocenters. The Morgan fingerprint density at radius 3 is 1.80 bits per heavy atom. The molecule has 0 fully saturated rings. The highest BCUT2D eigenvalue weighted by Gasteiger charge is 2.24. The third-order valence-corrected chi connectivity index (χ3v) is 17.2. The fourth-order valence-electron chi connectivity index (χ4n) is 12.8. The molecular formula is C87H78N2. The Morgan fingerprint density at radius 2 is 1.13 bits per heavy atom. The second-order valence-corrected chi connectivity index (χ2v) is 22.4. The maximum Gasteiger partial charge on any atom is 0.0534 e. The maximum absolute atomic E-state index is 4.53. The van der Waals surface area contributed by atoms with Crippen LogP contribution in [0.2, 0.25) is 0 Å². The van der Waals surface area contributed by atoms with E-state index in [0.29, 0.717) is 0 Å². The van der Waals surface area contributed by atoms with Crippen LogP contribution in [0.3, 0.4) is 0 Å². The van der Waals surface area contributed by atoms with Gasteiger partial charge in [-0.15, -0.1) is 6.58 Å². The van der Waals surface area contributed by atoms with Crippen molar-refractivity contribution in [1.29, 1.82) is 0 Å². The van der Waals surface area contributed by atoms with Gasteiger partial charge in [-0.25, -0.2) is 0 Å². The van der Waals surface area contributed by atoms with Crippen molar-refractivity contribution in [3.8, 4) is 39.1 Å². The van der Waals surface area contributed by atoms with E-state index in [0.717, 1.165) is 62.7 Å². The molecule has 0 N–H and O–H groups in total. The van der Waals surface area contributed by atoms with Gasteiger partial charge in [0.05, 0.1) is 5.52 Å². The zero-order chi connectivity index (χ0) is 61.6. The largest absolute Gasteiger partial charge is 0.314 e. The Bertz CT molecular complexity index is 4550. The fourth-order valence-corrected chi connectivity index (χ4v) is 12.8. The quantitative estimate of drug-likeness (QED) is 0.0614. The molecule has 0 bridgehead atoms. The van der Waals surface area contributed by atoms with E-state index in [1.165, 1.54) is 83.4 Å². The Morgan fingerprint density at radius 1 is 0.573 bits per heavy atom. The third-order valence-electron chi connectivity index (χ3n) is 17.2. The topological polar surface area (TPSA) is 8.17 Å². The van der Waals surface area contributed by atoms with Crippen molar-refractivity contribution < 1.29 is 0 Å². The van der Waals surface area contributed by atoms with Crippen LogP contribution in [0.25, 0.3) is 62.1 Å². The molecule has 10 aromatic carbocycles. The first-order valence-corrected chi connectivity index (χ1v) is 31.3. The Hall–Kier alpha value is -10.5. The van der Waals surface area contributed by atoms with Gasteiger partial charge in [0.1, 0.15) is 0 Å². The van der Waals surface area contributed by atoms with Gasteiger partial charge in [-0.3, -0.25) is 0 Å². The number of nitrogens with zero attached hydrogens (tertiary/aromatic N) is 2. The van der Waals surface area contributed by atoms with Crippen LogP contribution in [0.5, 0.6) is 0 Å². The van der Waals surface area contributed by atoms with Crippen LogP contribution in [0, 0.1) is 12.8 Å². The first kappa shape index (κ1) is 60.2. The van der Waals surface area contributed by atoms with E-state index in [1.54, 1.807) is 0 Å². The minimum Gasteiger partial charge on any atom is -0.314 e. The highest BCUT2D eigenvalue weighted by atomic mass is 15.1. The number of aromatic nitrogens is 1. The van der Waals surface area contributed by atoms with Gasteiger partial charge in [0, 0.05) is 45.7 Å². The molecule has 0 radical (unpaired) electrons. The average Bonchev–Trinajstić information content (AvgIpc) is 1.97. The molecule has 12 rings (SSSR count). The predicted octanol–water partition coefficient (Wildman–Crippen LogP) is 22.1. The van der Waals surface area contributed by atoms with Crippen molar-refractivity contribution in [3.63, 3.8) is 0 Å². The van der Waals surface area contributed by atoms with Crippen LogP contribution in [0.4, 0.5) is 17.1 Å². The first-order valence-electron chi connectivity index (χ1n) is 31.3. The van der Waals surface area contributed by atoms with Gasteiger partial charge in [0.15, 0.2) is 0 Å². The number of benzene rings is 10. The average molecular weight is 1150 g/mol. The lowest BCUT2D eigenvalue weighted by molar-refractivity contribution is 0.765. The molecule has 1 heterocycles. The number of hydrogen-bond acceptors (Lipinski definition) is 1. The molecule has 11 aromatic rings. The number of rotatable bonds is 18. The summed E-state index contributed by atoms with van der Waals surface area (Å²) in [5.41, 5.74) is 24.8. The summed E-state index contributed by atoms with van der Waals surface area (Å²) in [7, 11) is 0. The number of fused-ring (bicyclic) bond motifs is 1. The van der Waals surface area contributed by atoms with Gasteiger partial charge in [-0.05, 0) is 181 Å². The molecule has 436 valence electrons. The molecule has 0 aliphatic heterocycles. The van der Waals surface area contributed by atoms with E-state index >= 15 is 0 Å². The van der Waals surface area contributed by atoms with Crippen molar-refractivity contribution in [3.05, 3.63) is 383 Å². The van der Waals surface area contributed by atoms with Crippen LogP contribution in [0.1, 0.15) is 73.5 Å². The molecule has 2 heteroatoms. The number of hydrogen-bond donors (Lipinski definition) is 0. The van der Waals surface area contributed by atoms with Crippen molar-refractivity contribution in [2.24, 2.45) is 5.92 Å². The maximum atomic E-state index is 4.53. The van der Waals surface area contributed by atoms with Crippen molar-refractivity contribution in [2.75, 3.05) is 4.90 Å². The van der Waals surface area contributed by atoms with Gasteiger partial charge < -0.3 is 9.47 Å². The van der Waals surface area contributed by atoms with E-state index in [2.05, 4.69) is 353 Å². The third kappa shape index (κ3) is 12.8. The SMILES string of the molecule is C=C/C=C(\C=C/C)C1=C(C(C=C)Cc2c(C)n(-c3ccc(N(c4ccccc4)c4ccc(C(C)c5ccccc5/C(c5ccc(-c6ccccc6)cc5)=c5/ccccc5=C)cc4)cc3)c3ccc(-c4ccccc4-c4ccccc4)cc23)C=CCC=C1.CC. The van der Waals surface area contributed by atoms with Crippen LogP contribution in [-0.4, -0.2) is 4.57 Å². The zero-order valence-electron chi connectivity index (χ0n) is 52.0. The van der Waals surface area contributed by atoms with Crippen molar-refractivity contribution >= 4 is 40.1 Å². The lowest BCUT2D eigenvalue weighted by atomic mass is 9.84. The normalized spacial score (nSPS) is 13.3. The summed E-state index contributed by atoms with van der Waals surface area (Å²) in [6.45, 7) is 23.8. The monoisotopic (exact) mass is 1150 g/mol. The number of anilines is 3. The minimum absolute atomic E-state index is 0.0248. The summed E-state index contributed by atoms with van der Waals surface area (Å²) in [5.74, 6) is 0.108. The van der Waals surface area contributed by atoms with Crippen LogP contribution < -0.4 is 15.3 Å². The summed E-state index contributed by atoms with van der Waals surface area (Å²) in [6, 6.07) is 92.6. The smallest absolute Gasteiger partial charge is 0.0534 e. The van der Waals surface area contributed by atoms with Gasteiger partial charge in [-0.1, -0.05) is 283 Å². The molecule has 1 aromatic heterocycles. The zero-order valence-corrected chi connectivity index (χ0v) is 52.0. The van der Waals surface area contributed by atoms with Gasteiger partial charge in [0.2, 0.25) is 0 Å². The Balaban J connectivity index is 0.00000404. The van der Waals surface area contributed by atoms with E-state index < -0.39 is 0 Å². The highest BCUT2D eigenvalue weighted by molar-refractivity contribution is 5.94. The fraction of sp³-hybridized carbons (Fsp3) is 0.103. The van der Waals surface area contributed by atoms with Gasteiger partial charge in [-0.2, -0.15) is 0 Å². The molecule has 0 saturated carbocycles. The van der Waals surface area contributed by atoms with Crippen LogP contribution >= 0.6 is 0 Å². The van der Waals surface area contributed by atoms with Crippen molar-refractivity contribution in [2.45, 2.75) is 53.4 Å². The molecule has 0 amide bonds. The molecule has 2 nitrogen and oxygen atoms in total. The standard InChI is InChI=1S/C85H72N2.C2H6/c1-7-28-67(29-8-2)78-40-21-13-20-39-77(78)63(9-3)58-82-62(6)86(84-57-50-70(59-83(82)84)80-42-26-25-41-79(80)68-33-16-11-17-34-68)72-53-55-74(56-54-72)87(71-35-18-12-19-36-71)73-51-48-64(49-52-73)61(5)76-38-24-27-43-81(76)85(75-37-23-22-30-60(75)4)69-46-44-66(45-47-69)65-31-14-10-15-32-65;1-2/h7-12,14-57,59,61,63H,1,3-4,13,58H2,2,5-6H3;1-2H3/b29-8-,67-28+,85-75-;. The van der Waals surface area contributed by atoms with E-state index in [4.69, 9.17) is 0 Å². The van der Waals surface area contributed by atoms with Crippen LogP contribution in [0.15, 0.2) is 339 Å². The molecule has 1 aliphatic rings. The Labute approximate surface area is 528 Å². The summed E-state index contributed by atoms with van der Waals surface area (Å²) in [6.07, 6.45) is 21.2. The van der Waals surface area contributed by atoms with Gasteiger partial charge in [0.25, 0.3) is 0 Å².